The number of carboxylic acids is 1. The summed E-state index contributed by atoms with van der Waals surface area (Å²) in [5.74, 6) is -0.689. The number of hydrogen-bond donors (Lipinski definition) is 2. The van der Waals surface area contributed by atoms with Crippen LogP contribution in [0.1, 0.15) is 19.3 Å². The molecule has 0 amide bonds. The third kappa shape index (κ3) is 1.70. The maximum Gasteiger partial charge on any atom is 0.306 e. The summed E-state index contributed by atoms with van der Waals surface area (Å²) in [6.45, 7) is -0.00648. The van der Waals surface area contributed by atoms with E-state index in [0.717, 1.165) is 12.8 Å². The normalized spacial score (nSPS) is 20.5. The first-order valence-corrected chi connectivity index (χ1v) is 3.59. The van der Waals surface area contributed by atoms with Gasteiger partial charge in [0.1, 0.15) is 0 Å². The minimum atomic E-state index is -0.753. The van der Waals surface area contributed by atoms with Crippen LogP contribution >= 0.6 is 0 Å². The van der Waals surface area contributed by atoms with Gasteiger partial charge in [-0.1, -0.05) is 0 Å². The molecule has 1 aliphatic carbocycles. The molecule has 0 spiro atoms. The summed E-state index contributed by atoms with van der Waals surface area (Å²) in [6.07, 6.45) is 2.47. The lowest BCUT2D eigenvalue weighted by molar-refractivity contribution is -0.143. The van der Waals surface area contributed by atoms with Crippen LogP contribution in [0.3, 0.4) is 0 Å². The predicted octanol–water partition coefficient (Wildman–Crippen LogP) is 0.480. The van der Waals surface area contributed by atoms with Crippen molar-refractivity contribution >= 4 is 5.97 Å². The lowest BCUT2D eigenvalue weighted by Gasteiger charge is -2.07. The fraction of sp³-hybridized carbons (Fsp3) is 0.857. The summed E-state index contributed by atoms with van der Waals surface area (Å²) in [4.78, 5) is 10.5. The fourth-order valence-corrected chi connectivity index (χ4v) is 1.20. The Hall–Kier alpha value is -0.570. The summed E-state index contributed by atoms with van der Waals surface area (Å²) in [5.41, 5.74) is 0. The first-order valence-electron chi connectivity index (χ1n) is 3.59. The summed E-state index contributed by atoms with van der Waals surface area (Å²) in [7, 11) is 0. The molecular formula is C7H12O3. The van der Waals surface area contributed by atoms with Crippen LogP contribution in [-0.2, 0) is 4.79 Å². The molecular weight excluding hydrogens is 132 g/mol. The summed E-state index contributed by atoms with van der Waals surface area (Å²) >= 11 is 0. The molecule has 0 radical (unpaired) electrons. The van der Waals surface area contributed by atoms with E-state index in [0.29, 0.717) is 12.3 Å². The smallest absolute Gasteiger partial charge is 0.306 e. The third-order valence-electron chi connectivity index (χ3n) is 1.95. The van der Waals surface area contributed by atoms with Crippen molar-refractivity contribution in [2.45, 2.75) is 19.3 Å². The number of aliphatic hydroxyl groups excluding tert-OH is 1. The maximum absolute atomic E-state index is 10.5. The van der Waals surface area contributed by atoms with Gasteiger partial charge in [-0.15, -0.1) is 0 Å². The van der Waals surface area contributed by atoms with Crippen LogP contribution in [0.25, 0.3) is 0 Å². The van der Waals surface area contributed by atoms with Crippen LogP contribution in [0.2, 0.25) is 0 Å². The quantitative estimate of drug-likeness (QED) is 0.603. The minimum Gasteiger partial charge on any atom is -0.481 e. The molecule has 1 fully saturated rings. The van der Waals surface area contributed by atoms with Gasteiger partial charge in [-0.25, -0.2) is 0 Å². The van der Waals surface area contributed by atoms with Gasteiger partial charge in [-0.2, -0.15) is 0 Å². The van der Waals surface area contributed by atoms with Gasteiger partial charge >= 0.3 is 5.97 Å². The van der Waals surface area contributed by atoms with Gasteiger partial charge < -0.3 is 10.2 Å². The SMILES string of the molecule is O=C(O)C(CCO)C1CC1. The van der Waals surface area contributed by atoms with Gasteiger partial charge in [0, 0.05) is 6.61 Å². The lowest BCUT2D eigenvalue weighted by atomic mass is 10.0. The Morgan fingerprint density at radius 1 is 1.60 bits per heavy atom. The van der Waals surface area contributed by atoms with E-state index in [-0.39, 0.29) is 12.5 Å². The van der Waals surface area contributed by atoms with Crippen LogP contribution in [0.5, 0.6) is 0 Å². The molecule has 0 aromatic carbocycles. The van der Waals surface area contributed by atoms with Crippen LogP contribution in [0.4, 0.5) is 0 Å². The van der Waals surface area contributed by atoms with E-state index in [1.54, 1.807) is 0 Å². The highest BCUT2D eigenvalue weighted by atomic mass is 16.4. The van der Waals surface area contributed by atoms with Gasteiger partial charge in [0.25, 0.3) is 0 Å². The largest absolute Gasteiger partial charge is 0.481 e. The molecule has 1 saturated carbocycles. The number of carboxylic acid groups (broad SMARTS) is 1. The van der Waals surface area contributed by atoms with Crippen molar-refractivity contribution in [3.63, 3.8) is 0 Å². The van der Waals surface area contributed by atoms with Gasteiger partial charge in [0.2, 0.25) is 0 Å². The molecule has 2 N–H and O–H groups in total. The van der Waals surface area contributed by atoms with Crippen molar-refractivity contribution in [1.82, 2.24) is 0 Å². The third-order valence-corrected chi connectivity index (χ3v) is 1.95. The number of carbonyl (C=O) groups is 1. The molecule has 10 heavy (non-hydrogen) atoms. The molecule has 1 unspecified atom stereocenters. The van der Waals surface area contributed by atoms with E-state index in [1.807, 2.05) is 0 Å². The number of aliphatic carboxylic acids is 1. The Morgan fingerprint density at radius 3 is 2.50 bits per heavy atom. The average molecular weight is 144 g/mol. The van der Waals surface area contributed by atoms with E-state index < -0.39 is 5.97 Å². The highest BCUT2D eigenvalue weighted by Crippen LogP contribution is 2.38. The second-order valence-electron chi connectivity index (χ2n) is 2.79. The fourth-order valence-electron chi connectivity index (χ4n) is 1.20. The Bertz CT molecular complexity index is 129. The molecule has 0 bridgehead atoms. The van der Waals surface area contributed by atoms with Crippen molar-refractivity contribution in [3.05, 3.63) is 0 Å². The number of hydrogen-bond acceptors (Lipinski definition) is 2. The Balaban J connectivity index is 2.34. The second-order valence-corrected chi connectivity index (χ2v) is 2.79. The number of aliphatic hydroxyl groups is 1. The predicted molar refractivity (Wildman–Crippen MR) is 35.6 cm³/mol. The zero-order chi connectivity index (χ0) is 7.56. The Morgan fingerprint density at radius 2 is 2.20 bits per heavy atom. The molecule has 0 heterocycles. The zero-order valence-electron chi connectivity index (χ0n) is 5.79. The summed E-state index contributed by atoms with van der Waals surface area (Å²) in [5, 5.41) is 17.1. The van der Waals surface area contributed by atoms with Crippen molar-refractivity contribution in [2.75, 3.05) is 6.61 Å². The summed E-state index contributed by atoms with van der Waals surface area (Å²) < 4.78 is 0. The number of rotatable bonds is 4. The van der Waals surface area contributed by atoms with E-state index >= 15 is 0 Å². The van der Waals surface area contributed by atoms with Crippen LogP contribution in [0, 0.1) is 11.8 Å². The monoisotopic (exact) mass is 144 g/mol. The van der Waals surface area contributed by atoms with Crippen molar-refractivity contribution in [1.29, 1.82) is 0 Å². The van der Waals surface area contributed by atoms with Crippen LogP contribution in [0.15, 0.2) is 0 Å². The van der Waals surface area contributed by atoms with E-state index in [4.69, 9.17) is 10.2 Å². The highest BCUT2D eigenvalue weighted by molar-refractivity contribution is 5.70. The van der Waals surface area contributed by atoms with Gasteiger partial charge in [-0.3, -0.25) is 4.79 Å². The Kier molecular flexibility index (Phi) is 2.27. The molecule has 0 aromatic rings. The van der Waals surface area contributed by atoms with Crippen molar-refractivity contribution in [2.24, 2.45) is 11.8 Å². The average Bonchev–Trinajstić information content (AvgIpc) is 2.63. The van der Waals surface area contributed by atoms with Crippen molar-refractivity contribution < 1.29 is 15.0 Å². The Labute approximate surface area is 59.7 Å². The summed E-state index contributed by atoms with van der Waals surface area (Å²) in [6, 6.07) is 0. The molecule has 0 saturated heterocycles. The van der Waals surface area contributed by atoms with Crippen LogP contribution < -0.4 is 0 Å². The maximum atomic E-state index is 10.5. The van der Waals surface area contributed by atoms with Crippen LogP contribution in [-0.4, -0.2) is 22.8 Å². The molecule has 1 rings (SSSR count). The molecule has 1 atom stereocenters. The topological polar surface area (TPSA) is 57.5 Å². The van der Waals surface area contributed by atoms with Gasteiger partial charge in [0.15, 0.2) is 0 Å². The minimum absolute atomic E-state index is 0.00648. The molecule has 3 heteroatoms. The first kappa shape index (κ1) is 7.54. The van der Waals surface area contributed by atoms with Crippen molar-refractivity contribution in [3.8, 4) is 0 Å². The van der Waals surface area contributed by atoms with Gasteiger partial charge in [0.05, 0.1) is 5.92 Å². The van der Waals surface area contributed by atoms with E-state index in [2.05, 4.69) is 0 Å². The molecule has 3 nitrogen and oxygen atoms in total. The second kappa shape index (κ2) is 3.01. The van der Waals surface area contributed by atoms with E-state index in [9.17, 15) is 4.79 Å². The molecule has 1 aliphatic rings. The lowest BCUT2D eigenvalue weighted by Crippen LogP contribution is -2.16. The van der Waals surface area contributed by atoms with E-state index in [1.165, 1.54) is 0 Å². The highest BCUT2D eigenvalue weighted by Gasteiger charge is 2.35. The molecule has 58 valence electrons. The molecule has 0 aliphatic heterocycles. The van der Waals surface area contributed by atoms with Gasteiger partial charge in [-0.05, 0) is 25.2 Å². The molecule has 0 aromatic heterocycles. The zero-order valence-corrected chi connectivity index (χ0v) is 5.79. The standard InChI is InChI=1S/C7H12O3/c8-4-3-6(7(9)10)5-1-2-5/h5-6,8H,1-4H2,(H,9,10). The first-order chi connectivity index (χ1) is 4.75.